The van der Waals surface area contributed by atoms with Gasteiger partial charge in [0.05, 0.1) is 23.5 Å². The molecule has 3 rings (SSSR count). The molecule has 2 fully saturated rings. The van der Waals surface area contributed by atoms with Crippen LogP contribution in [0.1, 0.15) is 41.9 Å². The highest BCUT2D eigenvalue weighted by Gasteiger charge is 2.41. The van der Waals surface area contributed by atoms with Crippen molar-refractivity contribution in [3.8, 4) is 0 Å². The molecule has 1 aromatic rings. The first kappa shape index (κ1) is 12.0. The largest absolute Gasteiger partial charge is 0.393 e. The zero-order valence-corrected chi connectivity index (χ0v) is 11.2. The van der Waals surface area contributed by atoms with Gasteiger partial charge < -0.3 is 10.0 Å². The van der Waals surface area contributed by atoms with Crippen molar-refractivity contribution in [1.29, 1.82) is 0 Å². The van der Waals surface area contributed by atoms with E-state index in [1.165, 1.54) is 12.8 Å². The number of carbonyl (C=O) groups is 1. The molecule has 0 radical (unpaired) electrons. The lowest BCUT2D eigenvalue weighted by atomic mass is 9.95. The number of hydrogen-bond donors (Lipinski definition) is 1. The number of piperidine rings is 1. The second-order valence-electron chi connectivity index (χ2n) is 5.28. The molecule has 0 unspecified atom stereocenters. The van der Waals surface area contributed by atoms with Gasteiger partial charge in [-0.3, -0.25) is 4.79 Å². The lowest BCUT2D eigenvalue weighted by molar-refractivity contribution is 0.0265. The van der Waals surface area contributed by atoms with Gasteiger partial charge in [-0.15, -0.1) is 0 Å². The number of aryl methyl sites for hydroxylation is 1. The second-order valence-corrected chi connectivity index (χ2v) is 5.81. The van der Waals surface area contributed by atoms with Crippen LogP contribution in [0.5, 0.6) is 0 Å². The Morgan fingerprint density at radius 2 is 2.17 bits per heavy atom. The predicted octanol–water partition coefficient (Wildman–Crippen LogP) is 1.22. The van der Waals surface area contributed by atoms with Gasteiger partial charge in [0, 0.05) is 12.6 Å². The smallest absolute Gasteiger partial charge is 0.275 e. The van der Waals surface area contributed by atoms with Crippen LogP contribution in [0.15, 0.2) is 0 Å². The molecule has 18 heavy (non-hydrogen) atoms. The molecule has 1 aliphatic carbocycles. The second kappa shape index (κ2) is 4.59. The van der Waals surface area contributed by atoms with E-state index in [1.54, 1.807) is 0 Å². The highest BCUT2D eigenvalue weighted by Crippen LogP contribution is 2.40. The number of amides is 1. The Morgan fingerprint density at radius 3 is 2.78 bits per heavy atom. The lowest BCUT2D eigenvalue weighted by Gasteiger charge is -2.38. The molecule has 2 aliphatic rings. The van der Waals surface area contributed by atoms with E-state index < -0.39 is 0 Å². The van der Waals surface area contributed by atoms with E-state index in [-0.39, 0.29) is 18.1 Å². The summed E-state index contributed by atoms with van der Waals surface area (Å²) in [4.78, 5) is 14.4. The summed E-state index contributed by atoms with van der Waals surface area (Å²) in [6.45, 7) is 2.46. The summed E-state index contributed by atoms with van der Waals surface area (Å²) in [5, 5.41) is 9.78. The maximum Gasteiger partial charge on any atom is 0.275 e. The monoisotopic (exact) mass is 267 g/mol. The van der Waals surface area contributed by atoms with Gasteiger partial charge >= 0.3 is 0 Å². The molecule has 2 atom stereocenters. The van der Waals surface area contributed by atoms with E-state index in [4.69, 9.17) is 0 Å². The van der Waals surface area contributed by atoms with E-state index in [2.05, 4.69) is 8.75 Å². The zero-order chi connectivity index (χ0) is 12.7. The molecule has 1 saturated heterocycles. The molecule has 1 N–H and O–H groups in total. The Balaban J connectivity index is 1.81. The number of likely N-dealkylation sites (tertiary alicyclic amines) is 1. The first-order chi connectivity index (χ1) is 8.66. The summed E-state index contributed by atoms with van der Waals surface area (Å²) >= 11 is 1.09. The molecule has 1 aromatic heterocycles. The van der Waals surface area contributed by atoms with Gasteiger partial charge in [-0.05, 0) is 38.5 Å². The first-order valence-electron chi connectivity index (χ1n) is 6.45. The number of rotatable bonds is 2. The quantitative estimate of drug-likeness (QED) is 0.875. The maximum atomic E-state index is 12.5. The van der Waals surface area contributed by atoms with Crippen LogP contribution in [0.4, 0.5) is 0 Å². The SMILES string of the molecule is Cc1nsnc1C(=O)N1CC[C@H](O)C[C@@H]1C1CC1. The van der Waals surface area contributed by atoms with Crippen molar-refractivity contribution in [3.05, 3.63) is 11.4 Å². The third-order valence-corrected chi connectivity index (χ3v) is 4.52. The summed E-state index contributed by atoms with van der Waals surface area (Å²) < 4.78 is 8.17. The van der Waals surface area contributed by atoms with E-state index in [1.807, 2.05) is 11.8 Å². The van der Waals surface area contributed by atoms with Gasteiger partial charge in [0.2, 0.25) is 0 Å². The zero-order valence-electron chi connectivity index (χ0n) is 10.4. The summed E-state index contributed by atoms with van der Waals surface area (Å²) in [7, 11) is 0. The van der Waals surface area contributed by atoms with Crippen LogP contribution in [-0.2, 0) is 0 Å². The van der Waals surface area contributed by atoms with E-state index in [9.17, 15) is 9.90 Å². The molecule has 0 aromatic carbocycles. The third kappa shape index (κ3) is 2.14. The van der Waals surface area contributed by atoms with Crippen molar-refractivity contribution in [1.82, 2.24) is 13.6 Å². The van der Waals surface area contributed by atoms with Crippen molar-refractivity contribution in [2.45, 2.75) is 44.8 Å². The summed E-state index contributed by atoms with van der Waals surface area (Å²) in [5.41, 5.74) is 1.20. The molecule has 1 saturated carbocycles. The van der Waals surface area contributed by atoms with Gasteiger partial charge in [0.25, 0.3) is 5.91 Å². The topological polar surface area (TPSA) is 66.3 Å². The van der Waals surface area contributed by atoms with Crippen LogP contribution in [0.2, 0.25) is 0 Å². The highest BCUT2D eigenvalue weighted by molar-refractivity contribution is 6.99. The number of aromatic nitrogens is 2. The Labute approximate surface area is 110 Å². The van der Waals surface area contributed by atoms with Gasteiger partial charge in [-0.1, -0.05) is 0 Å². The summed E-state index contributed by atoms with van der Waals surface area (Å²) in [5.74, 6) is 0.570. The standard InChI is InChI=1S/C12H17N3O2S/c1-7-11(14-18-13-7)12(17)15-5-4-9(16)6-10(15)8-2-3-8/h8-10,16H,2-6H2,1H3/t9-,10+/m0/s1. The lowest BCUT2D eigenvalue weighted by Crippen LogP contribution is -2.48. The minimum absolute atomic E-state index is 0.00921. The van der Waals surface area contributed by atoms with Gasteiger partial charge in [0.15, 0.2) is 5.69 Å². The van der Waals surface area contributed by atoms with Crippen LogP contribution < -0.4 is 0 Å². The van der Waals surface area contributed by atoms with Crippen molar-refractivity contribution < 1.29 is 9.90 Å². The molecule has 98 valence electrons. The van der Waals surface area contributed by atoms with Gasteiger partial charge in [-0.25, -0.2) is 0 Å². The average Bonchev–Trinajstić information content (AvgIpc) is 3.11. The first-order valence-corrected chi connectivity index (χ1v) is 7.18. The average molecular weight is 267 g/mol. The van der Waals surface area contributed by atoms with Crippen LogP contribution in [0, 0.1) is 12.8 Å². The molecule has 1 aliphatic heterocycles. The normalized spacial score (nSPS) is 28.4. The van der Waals surface area contributed by atoms with Crippen molar-refractivity contribution in [2.75, 3.05) is 6.54 Å². The van der Waals surface area contributed by atoms with Crippen LogP contribution in [-0.4, -0.2) is 43.4 Å². The fourth-order valence-corrected chi connectivity index (χ4v) is 3.26. The fraction of sp³-hybridized carbons (Fsp3) is 0.750. The molecule has 2 heterocycles. The number of aliphatic hydroxyl groups is 1. The molecular weight excluding hydrogens is 250 g/mol. The summed E-state index contributed by atoms with van der Waals surface area (Å²) in [6.07, 6.45) is 3.48. The van der Waals surface area contributed by atoms with Crippen molar-refractivity contribution >= 4 is 17.6 Å². The Bertz CT molecular complexity index is 458. The molecule has 1 amide bonds. The van der Waals surface area contributed by atoms with Crippen molar-refractivity contribution in [3.63, 3.8) is 0 Å². The minimum atomic E-state index is -0.255. The van der Waals surface area contributed by atoms with Crippen LogP contribution in [0.25, 0.3) is 0 Å². The number of aliphatic hydroxyl groups excluding tert-OH is 1. The molecule has 0 bridgehead atoms. The minimum Gasteiger partial charge on any atom is -0.393 e. The Kier molecular flexibility index (Phi) is 3.07. The predicted molar refractivity (Wildman–Crippen MR) is 67.4 cm³/mol. The fourth-order valence-electron chi connectivity index (χ4n) is 2.72. The molecule has 6 heteroatoms. The molecule has 5 nitrogen and oxygen atoms in total. The number of hydrogen-bond acceptors (Lipinski definition) is 5. The summed E-state index contributed by atoms with van der Waals surface area (Å²) in [6, 6.07) is 0.197. The van der Waals surface area contributed by atoms with Crippen molar-refractivity contribution in [2.24, 2.45) is 5.92 Å². The van der Waals surface area contributed by atoms with Crippen LogP contribution >= 0.6 is 11.7 Å². The van der Waals surface area contributed by atoms with Gasteiger partial charge in [0.1, 0.15) is 0 Å². The van der Waals surface area contributed by atoms with E-state index in [0.717, 1.165) is 11.7 Å². The molecular formula is C12H17N3O2S. The Morgan fingerprint density at radius 1 is 1.39 bits per heavy atom. The highest BCUT2D eigenvalue weighted by atomic mass is 32.1. The van der Waals surface area contributed by atoms with E-state index in [0.29, 0.717) is 36.7 Å². The molecule has 0 spiro atoms. The number of nitrogens with zero attached hydrogens (tertiary/aromatic N) is 3. The Hall–Kier alpha value is -1.01. The van der Waals surface area contributed by atoms with Gasteiger partial charge in [-0.2, -0.15) is 8.75 Å². The van der Waals surface area contributed by atoms with Crippen LogP contribution in [0.3, 0.4) is 0 Å². The maximum absolute atomic E-state index is 12.5. The third-order valence-electron chi connectivity index (χ3n) is 3.90. The number of carbonyl (C=O) groups excluding carboxylic acids is 1. The van der Waals surface area contributed by atoms with E-state index >= 15 is 0 Å².